The number of alkyl halides is 3. The molecule has 11 heteroatoms. The van der Waals surface area contributed by atoms with E-state index in [9.17, 15) is 21.6 Å². The van der Waals surface area contributed by atoms with Crippen LogP contribution < -0.4 is 10.1 Å². The van der Waals surface area contributed by atoms with E-state index in [0.717, 1.165) is 0 Å². The SMILES string of the molecule is CNCCS(=O)(=O)c1ccc(-c2[nH]nc(C(F)(F)F)c2-c2ccc(OC)c(Cl)c2)cc1. The predicted molar refractivity (Wildman–Crippen MR) is 112 cm³/mol. The zero-order valence-corrected chi connectivity index (χ0v) is 18.1. The van der Waals surface area contributed by atoms with E-state index in [4.69, 9.17) is 16.3 Å². The lowest BCUT2D eigenvalue weighted by Gasteiger charge is -2.11. The number of aromatic amines is 1. The molecule has 0 atom stereocenters. The minimum Gasteiger partial charge on any atom is -0.495 e. The van der Waals surface area contributed by atoms with Crippen molar-refractivity contribution in [3.05, 3.63) is 53.2 Å². The number of nitrogens with one attached hydrogen (secondary N) is 2. The maximum Gasteiger partial charge on any atom is 0.435 e. The van der Waals surface area contributed by atoms with E-state index in [1.165, 1.54) is 49.6 Å². The maximum absolute atomic E-state index is 13.6. The summed E-state index contributed by atoms with van der Waals surface area (Å²) in [7, 11) is -0.473. The molecule has 1 heterocycles. The number of rotatable bonds is 7. The molecule has 0 fully saturated rings. The third-order valence-corrected chi connectivity index (χ3v) is 6.63. The van der Waals surface area contributed by atoms with Crippen LogP contribution >= 0.6 is 11.6 Å². The fraction of sp³-hybridized carbons (Fsp3) is 0.250. The quantitative estimate of drug-likeness (QED) is 0.530. The summed E-state index contributed by atoms with van der Waals surface area (Å²) in [6.07, 6.45) is -4.72. The predicted octanol–water partition coefficient (Wildman–Crippen LogP) is 4.42. The normalized spacial score (nSPS) is 12.2. The highest BCUT2D eigenvalue weighted by molar-refractivity contribution is 7.91. The summed E-state index contributed by atoms with van der Waals surface area (Å²) in [5.41, 5.74) is -0.671. The Morgan fingerprint density at radius 3 is 2.32 bits per heavy atom. The molecule has 6 nitrogen and oxygen atoms in total. The third kappa shape index (κ3) is 4.86. The van der Waals surface area contributed by atoms with E-state index in [-0.39, 0.29) is 39.0 Å². The Kier molecular flexibility index (Phi) is 6.63. The summed E-state index contributed by atoms with van der Waals surface area (Å²) in [6, 6.07) is 9.87. The van der Waals surface area contributed by atoms with Gasteiger partial charge < -0.3 is 10.1 Å². The molecule has 0 aliphatic carbocycles. The van der Waals surface area contributed by atoms with Crippen molar-refractivity contribution in [2.75, 3.05) is 26.5 Å². The van der Waals surface area contributed by atoms with Crippen LogP contribution in [0.25, 0.3) is 22.4 Å². The number of H-pyrrole nitrogens is 1. The molecule has 1 aromatic heterocycles. The molecule has 0 saturated heterocycles. The Morgan fingerprint density at radius 2 is 1.77 bits per heavy atom. The molecule has 3 aromatic rings. The van der Waals surface area contributed by atoms with Gasteiger partial charge >= 0.3 is 6.18 Å². The molecule has 0 bridgehead atoms. The molecule has 0 aliphatic rings. The summed E-state index contributed by atoms with van der Waals surface area (Å²) in [5, 5.41) is 8.82. The van der Waals surface area contributed by atoms with Crippen LogP contribution in [0.3, 0.4) is 0 Å². The molecule has 0 aliphatic heterocycles. The highest BCUT2D eigenvalue weighted by atomic mass is 35.5. The fourth-order valence-electron chi connectivity index (χ4n) is 3.04. The Morgan fingerprint density at radius 1 is 1.13 bits per heavy atom. The van der Waals surface area contributed by atoms with Gasteiger partial charge in [-0.15, -0.1) is 0 Å². The van der Waals surface area contributed by atoms with Crippen LogP contribution in [-0.4, -0.2) is 45.1 Å². The summed E-state index contributed by atoms with van der Waals surface area (Å²) in [6.45, 7) is 0.280. The minimum atomic E-state index is -4.72. The number of aromatic nitrogens is 2. The van der Waals surface area contributed by atoms with E-state index < -0.39 is 21.7 Å². The third-order valence-electron chi connectivity index (χ3n) is 4.60. The lowest BCUT2D eigenvalue weighted by Crippen LogP contribution is -2.19. The highest BCUT2D eigenvalue weighted by Gasteiger charge is 2.38. The molecule has 0 unspecified atom stereocenters. The Hall–Kier alpha value is -2.56. The highest BCUT2D eigenvalue weighted by Crippen LogP contribution is 2.42. The van der Waals surface area contributed by atoms with Gasteiger partial charge in [-0.1, -0.05) is 29.8 Å². The first-order valence-electron chi connectivity index (χ1n) is 9.05. The van der Waals surface area contributed by atoms with E-state index in [0.29, 0.717) is 11.3 Å². The van der Waals surface area contributed by atoms with Crippen molar-refractivity contribution in [3.8, 4) is 28.1 Å². The van der Waals surface area contributed by atoms with Crippen molar-refractivity contribution in [1.29, 1.82) is 0 Å². The molecule has 3 rings (SSSR count). The first kappa shape index (κ1) is 23.1. The lowest BCUT2D eigenvalue weighted by atomic mass is 9.98. The standard InChI is InChI=1S/C20H19ClF3N3O3S/c1-25-9-10-31(28,29)14-6-3-12(4-7-14)18-17(19(27-26-18)20(22,23)24)13-5-8-16(30-2)15(21)11-13/h3-8,11,25H,9-10H2,1-2H3,(H,26,27). The molecule has 0 radical (unpaired) electrons. The maximum atomic E-state index is 13.6. The molecule has 0 amide bonds. The van der Waals surface area contributed by atoms with E-state index in [2.05, 4.69) is 15.5 Å². The average Bonchev–Trinajstić information content (AvgIpc) is 3.18. The van der Waals surface area contributed by atoms with Crippen LogP contribution in [-0.2, 0) is 16.0 Å². The fourth-order valence-corrected chi connectivity index (χ4v) is 4.56. The van der Waals surface area contributed by atoms with Gasteiger partial charge in [0, 0.05) is 17.7 Å². The van der Waals surface area contributed by atoms with Crippen LogP contribution in [0.2, 0.25) is 5.02 Å². The van der Waals surface area contributed by atoms with Crippen LogP contribution in [0.4, 0.5) is 13.2 Å². The zero-order chi connectivity index (χ0) is 22.8. The number of methoxy groups -OCH3 is 1. The second-order valence-electron chi connectivity index (χ2n) is 6.62. The van der Waals surface area contributed by atoms with Crippen molar-refractivity contribution in [1.82, 2.24) is 15.5 Å². The molecular weight excluding hydrogens is 455 g/mol. The number of ether oxygens (including phenoxy) is 1. The van der Waals surface area contributed by atoms with Gasteiger partial charge in [0.15, 0.2) is 15.5 Å². The number of sulfone groups is 1. The van der Waals surface area contributed by atoms with Gasteiger partial charge in [-0.25, -0.2) is 8.42 Å². The number of benzene rings is 2. The summed E-state index contributed by atoms with van der Waals surface area (Å²) in [4.78, 5) is 0.0797. The van der Waals surface area contributed by atoms with Gasteiger partial charge in [-0.3, -0.25) is 5.10 Å². The molecule has 2 aromatic carbocycles. The number of hydrogen-bond donors (Lipinski definition) is 2. The number of nitrogens with zero attached hydrogens (tertiary/aromatic N) is 1. The zero-order valence-electron chi connectivity index (χ0n) is 16.5. The molecule has 166 valence electrons. The van der Waals surface area contributed by atoms with E-state index in [1.54, 1.807) is 7.05 Å². The minimum absolute atomic E-state index is 0.0797. The Bertz CT molecular complexity index is 1180. The Labute approximate surface area is 182 Å². The van der Waals surface area contributed by atoms with Crippen molar-refractivity contribution >= 4 is 21.4 Å². The van der Waals surface area contributed by atoms with Gasteiger partial charge in [0.1, 0.15) is 5.75 Å². The topological polar surface area (TPSA) is 84.1 Å². The summed E-state index contributed by atoms with van der Waals surface area (Å²) < 4.78 is 70.6. The van der Waals surface area contributed by atoms with Crippen LogP contribution in [0, 0.1) is 0 Å². The molecular formula is C20H19ClF3N3O3S. The van der Waals surface area contributed by atoms with Crippen LogP contribution in [0.15, 0.2) is 47.4 Å². The van der Waals surface area contributed by atoms with Crippen molar-refractivity contribution in [2.24, 2.45) is 0 Å². The molecule has 0 spiro atoms. The van der Waals surface area contributed by atoms with Gasteiger partial charge in [0.25, 0.3) is 0 Å². The van der Waals surface area contributed by atoms with Crippen molar-refractivity contribution < 1.29 is 26.3 Å². The van der Waals surface area contributed by atoms with Gasteiger partial charge in [-0.05, 0) is 36.9 Å². The average molecular weight is 474 g/mol. The van der Waals surface area contributed by atoms with Crippen LogP contribution in [0.1, 0.15) is 5.69 Å². The second-order valence-corrected chi connectivity index (χ2v) is 9.13. The number of hydrogen-bond acceptors (Lipinski definition) is 5. The first-order valence-corrected chi connectivity index (χ1v) is 11.1. The largest absolute Gasteiger partial charge is 0.495 e. The molecule has 0 saturated carbocycles. The van der Waals surface area contributed by atoms with E-state index in [1.807, 2.05) is 0 Å². The van der Waals surface area contributed by atoms with Crippen molar-refractivity contribution in [3.63, 3.8) is 0 Å². The second kappa shape index (κ2) is 8.89. The summed E-state index contributed by atoms with van der Waals surface area (Å²) >= 11 is 6.12. The van der Waals surface area contributed by atoms with Gasteiger partial charge in [-0.2, -0.15) is 18.3 Å². The lowest BCUT2D eigenvalue weighted by molar-refractivity contribution is -0.140. The summed E-state index contributed by atoms with van der Waals surface area (Å²) in [5.74, 6) is 0.223. The first-order chi connectivity index (χ1) is 14.6. The molecule has 31 heavy (non-hydrogen) atoms. The number of halogens is 4. The van der Waals surface area contributed by atoms with Gasteiger partial charge in [0.2, 0.25) is 0 Å². The molecule has 2 N–H and O–H groups in total. The van der Waals surface area contributed by atoms with Gasteiger partial charge in [0.05, 0.1) is 28.5 Å². The Balaban J connectivity index is 2.10. The van der Waals surface area contributed by atoms with E-state index >= 15 is 0 Å². The van der Waals surface area contributed by atoms with Crippen molar-refractivity contribution in [2.45, 2.75) is 11.1 Å². The smallest absolute Gasteiger partial charge is 0.435 e. The monoisotopic (exact) mass is 473 g/mol. The van der Waals surface area contributed by atoms with Crippen LogP contribution in [0.5, 0.6) is 5.75 Å².